The van der Waals surface area contributed by atoms with Gasteiger partial charge in [0, 0.05) is 25.4 Å². The summed E-state index contributed by atoms with van der Waals surface area (Å²) in [6.07, 6.45) is 4.42. The van der Waals surface area contributed by atoms with Gasteiger partial charge in [-0.2, -0.15) is 0 Å². The lowest BCUT2D eigenvalue weighted by atomic mass is 10.1. The monoisotopic (exact) mass is 341 g/mol. The van der Waals surface area contributed by atoms with Crippen LogP contribution in [0.4, 0.5) is 0 Å². The number of amides is 1. The molecule has 1 amide bonds. The number of para-hydroxylation sites is 2. The minimum Gasteiger partial charge on any atom is -0.482 e. The Labute approximate surface area is 145 Å². The van der Waals surface area contributed by atoms with Crippen molar-refractivity contribution in [3.8, 4) is 17.4 Å². The van der Waals surface area contributed by atoms with Gasteiger partial charge >= 0.3 is 0 Å². The van der Waals surface area contributed by atoms with Crippen LogP contribution in [0.2, 0.25) is 0 Å². The molecule has 0 aliphatic carbocycles. The highest BCUT2D eigenvalue weighted by molar-refractivity contribution is 5.82. The second-order valence-electron chi connectivity index (χ2n) is 6.16. The van der Waals surface area contributed by atoms with Gasteiger partial charge in [-0.15, -0.1) is 0 Å². The zero-order valence-electron chi connectivity index (χ0n) is 13.9. The molecule has 1 saturated heterocycles. The number of benzene rings is 1. The molecule has 0 bridgehead atoms. The van der Waals surface area contributed by atoms with E-state index < -0.39 is 6.10 Å². The van der Waals surface area contributed by atoms with E-state index in [-0.39, 0.29) is 18.1 Å². The van der Waals surface area contributed by atoms with Crippen molar-refractivity contribution in [1.29, 1.82) is 0 Å². The van der Waals surface area contributed by atoms with E-state index in [4.69, 9.17) is 14.2 Å². The molecule has 0 N–H and O–H groups in total. The Bertz CT molecular complexity index is 755. The molecule has 1 fully saturated rings. The SMILES string of the molecule is C[C@@H]1Oc2ccccc2O[C@H]1C(=O)N1CC[C@@H](Oc2cnccn2)C1. The summed E-state index contributed by atoms with van der Waals surface area (Å²) in [5, 5.41) is 0. The Balaban J connectivity index is 1.40. The highest BCUT2D eigenvalue weighted by atomic mass is 16.6. The average molecular weight is 341 g/mol. The maximum Gasteiger partial charge on any atom is 0.267 e. The molecule has 2 aromatic rings. The van der Waals surface area contributed by atoms with Gasteiger partial charge in [0.2, 0.25) is 12.0 Å². The van der Waals surface area contributed by atoms with Crippen molar-refractivity contribution in [2.45, 2.75) is 31.7 Å². The maximum atomic E-state index is 12.9. The molecule has 4 rings (SSSR count). The molecule has 7 nitrogen and oxygen atoms in total. The van der Waals surface area contributed by atoms with Crippen LogP contribution in [0.1, 0.15) is 13.3 Å². The molecule has 3 atom stereocenters. The molecule has 25 heavy (non-hydrogen) atoms. The standard InChI is InChI=1S/C18H19N3O4/c1-12-17(25-15-5-3-2-4-14(15)23-12)18(22)21-9-6-13(11-21)24-16-10-19-7-8-20-16/h2-5,7-8,10,12-13,17H,6,9,11H2,1H3/t12-,13+,17+/m0/s1. The number of carbonyl (C=O) groups excluding carboxylic acids is 1. The van der Waals surface area contributed by atoms with Crippen LogP contribution in [-0.4, -0.2) is 52.2 Å². The van der Waals surface area contributed by atoms with E-state index in [9.17, 15) is 4.79 Å². The number of fused-ring (bicyclic) bond motifs is 1. The highest BCUT2D eigenvalue weighted by Crippen LogP contribution is 2.34. The average Bonchev–Trinajstić information content (AvgIpc) is 3.10. The number of hydrogen-bond acceptors (Lipinski definition) is 6. The molecule has 0 radical (unpaired) electrons. The second kappa shape index (κ2) is 6.58. The third-order valence-electron chi connectivity index (χ3n) is 4.37. The minimum absolute atomic E-state index is 0.0766. The van der Waals surface area contributed by atoms with E-state index in [2.05, 4.69) is 9.97 Å². The quantitative estimate of drug-likeness (QED) is 0.846. The van der Waals surface area contributed by atoms with Crippen LogP contribution in [0.15, 0.2) is 42.9 Å². The first-order valence-corrected chi connectivity index (χ1v) is 8.34. The first-order valence-electron chi connectivity index (χ1n) is 8.34. The van der Waals surface area contributed by atoms with Gasteiger partial charge in [0.25, 0.3) is 5.91 Å². The van der Waals surface area contributed by atoms with Gasteiger partial charge in [-0.25, -0.2) is 4.98 Å². The molecule has 2 aliphatic rings. The molecular formula is C18H19N3O4. The van der Waals surface area contributed by atoms with Crippen LogP contribution in [0.5, 0.6) is 17.4 Å². The van der Waals surface area contributed by atoms with E-state index >= 15 is 0 Å². The molecule has 0 saturated carbocycles. The molecule has 0 unspecified atom stereocenters. The van der Waals surface area contributed by atoms with Gasteiger partial charge in [0.05, 0.1) is 12.7 Å². The number of likely N-dealkylation sites (tertiary alicyclic amines) is 1. The van der Waals surface area contributed by atoms with Gasteiger partial charge in [-0.1, -0.05) is 12.1 Å². The first-order chi connectivity index (χ1) is 12.2. The van der Waals surface area contributed by atoms with E-state index in [0.717, 1.165) is 6.42 Å². The van der Waals surface area contributed by atoms with E-state index in [1.807, 2.05) is 31.2 Å². The highest BCUT2D eigenvalue weighted by Gasteiger charge is 2.39. The molecular weight excluding hydrogens is 322 g/mol. The first kappa shape index (κ1) is 15.7. The fourth-order valence-corrected chi connectivity index (χ4v) is 3.11. The summed E-state index contributed by atoms with van der Waals surface area (Å²) < 4.78 is 17.5. The Morgan fingerprint density at radius 2 is 2.04 bits per heavy atom. The van der Waals surface area contributed by atoms with Crippen LogP contribution in [0, 0.1) is 0 Å². The number of ether oxygens (including phenoxy) is 3. The number of carbonyl (C=O) groups is 1. The summed E-state index contributed by atoms with van der Waals surface area (Å²) in [7, 11) is 0. The summed E-state index contributed by atoms with van der Waals surface area (Å²) in [5.41, 5.74) is 0. The van der Waals surface area contributed by atoms with Crippen molar-refractivity contribution < 1.29 is 19.0 Å². The second-order valence-corrected chi connectivity index (χ2v) is 6.16. The molecule has 3 heterocycles. The summed E-state index contributed by atoms with van der Waals surface area (Å²) in [6, 6.07) is 7.39. The van der Waals surface area contributed by atoms with Crippen molar-refractivity contribution in [3.63, 3.8) is 0 Å². The molecule has 7 heteroatoms. The number of rotatable bonds is 3. The van der Waals surface area contributed by atoms with Crippen LogP contribution >= 0.6 is 0 Å². The van der Waals surface area contributed by atoms with Crippen molar-refractivity contribution in [2.75, 3.05) is 13.1 Å². The van der Waals surface area contributed by atoms with E-state index in [0.29, 0.717) is 30.5 Å². The van der Waals surface area contributed by atoms with Crippen molar-refractivity contribution in [1.82, 2.24) is 14.9 Å². The zero-order chi connectivity index (χ0) is 17.2. The third-order valence-corrected chi connectivity index (χ3v) is 4.37. The third kappa shape index (κ3) is 3.22. The van der Waals surface area contributed by atoms with E-state index in [1.165, 1.54) is 0 Å². The number of hydrogen-bond donors (Lipinski definition) is 0. The summed E-state index contributed by atoms with van der Waals surface area (Å²) in [5.74, 6) is 1.67. The Hall–Kier alpha value is -2.83. The molecule has 1 aromatic carbocycles. The van der Waals surface area contributed by atoms with Gasteiger partial charge in [-0.3, -0.25) is 9.78 Å². The Morgan fingerprint density at radius 3 is 2.80 bits per heavy atom. The predicted molar refractivity (Wildman–Crippen MR) is 88.6 cm³/mol. The summed E-state index contributed by atoms with van der Waals surface area (Å²) >= 11 is 0. The van der Waals surface area contributed by atoms with Crippen LogP contribution < -0.4 is 14.2 Å². The van der Waals surface area contributed by atoms with Crippen LogP contribution in [0.3, 0.4) is 0 Å². The van der Waals surface area contributed by atoms with Gasteiger partial charge in [0.1, 0.15) is 12.2 Å². The smallest absolute Gasteiger partial charge is 0.267 e. The topological polar surface area (TPSA) is 73.8 Å². The molecule has 2 aliphatic heterocycles. The lowest BCUT2D eigenvalue weighted by Crippen LogP contribution is -2.50. The van der Waals surface area contributed by atoms with Crippen LogP contribution in [0.25, 0.3) is 0 Å². The minimum atomic E-state index is -0.648. The lowest BCUT2D eigenvalue weighted by Gasteiger charge is -2.33. The van der Waals surface area contributed by atoms with E-state index in [1.54, 1.807) is 23.5 Å². The largest absolute Gasteiger partial charge is 0.482 e. The van der Waals surface area contributed by atoms with Gasteiger partial charge in [0.15, 0.2) is 11.5 Å². The fraction of sp³-hybridized carbons (Fsp3) is 0.389. The zero-order valence-corrected chi connectivity index (χ0v) is 13.9. The van der Waals surface area contributed by atoms with Crippen molar-refractivity contribution in [2.24, 2.45) is 0 Å². The van der Waals surface area contributed by atoms with Crippen molar-refractivity contribution >= 4 is 5.91 Å². The van der Waals surface area contributed by atoms with Gasteiger partial charge in [-0.05, 0) is 19.1 Å². The fourth-order valence-electron chi connectivity index (χ4n) is 3.11. The van der Waals surface area contributed by atoms with Crippen molar-refractivity contribution in [3.05, 3.63) is 42.9 Å². The number of nitrogens with zero attached hydrogens (tertiary/aromatic N) is 3. The lowest BCUT2D eigenvalue weighted by molar-refractivity contribution is -0.143. The predicted octanol–water partition coefficient (Wildman–Crippen LogP) is 1.68. The summed E-state index contributed by atoms with van der Waals surface area (Å²) in [4.78, 5) is 22.7. The maximum absolute atomic E-state index is 12.9. The Kier molecular flexibility index (Phi) is 4.13. The summed E-state index contributed by atoms with van der Waals surface area (Å²) in [6.45, 7) is 2.98. The molecule has 0 spiro atoms. The molecule has 1 aromatic heterocycles. The number of aromatic nitrogens is 2. The normalized spacial score (nSPS) is 24.8. The Morgan fingerprint density at radius 1 is 1.24 bits per heavy atom. The molecule has 130 valence electrons. The van der Waals surface area contributed by atoms with Gasteiger partial charge < -0.3 is 19.1 Å². The van der Waals surface area contributed by atoms with Crippen LogP contribution in [-0.2, 0) is 4.79 Å².